The highest BCUT2D eigenvalue weighted by Gasteiger charge is 2.21. The molecule has 100 valence electrons. The number of rotatable bonds is 3. The molecule has 3 rings (SSSR count). The summed E-state index contributed by atoms with van der Waals surface area (Å²) < 4.78 is 2.16. The Balaban J connectivity index is 1.65. The van der Waals surface area contributed by atoms with Crippen molar-refractivity contribution in [1.82, 2.24) is 14.5 Å². The van der Waals surface area contributed by atoms with Crippen LogP contribution in [0.1, 0.15) is 24.4 Å². The van der Waals surface area contributed by atoms with E-state index >= 15 is 0 Å². The van der Waals surface area contributed by atoms with Gasteiger partial charge in [0.2, 0.25) is 0 Å². The Hall–Kier alpha value is -1.81. The molecule has 1 aromatic carbocycles. The summed E-state index contributed by atoms with van der Waals surface area (Å²) in [5.74, 6) is 0.611. The average Bonchev–Trinajstić information content (AvgIpc) is 2.87. The number of aromatic nitrogens is 2. The van der Waals surface area contributed by atoms with Gasteiger partial charge in [-0.25, -0.2) is 4.98 Å². The van der Waals surface area contributed by atoms with Crippen molar-refractivity contribution in [2.24, 2.45) is 0 Å². The van der Waals surface area contributed by atoms with E-state index in [1.165, 1.54) is 24.9 Å². The number of hydrogen-bond donors (Lipinski definition) is 1. The SMILES string of the molecule is Nc1cn(C2CCCN(Cc3ccccc3)C2)cn1. The third-order valence-electron chi connectivity index (χ3n) is 3.77. The molecule has 1 aromatic heterocycles. The summed E-state index contributed by atoms with van der Waals surface area (Å²) in [5.41, 5.74) is 7.08. The number of imidazole rings is 1. The number of anilines is 1. The van der Waals surface area contributed by atoms with Gasteiger partial charge in [0.25, 0.3) is 0 Å². The Morgan fingerprint density at radius 1 is 1.26 bits per heavy atom. The Bertz CT molecular complexity index is 520. The first kappa shape index (κ1) is 12.2. The number of nitrogens with two attached hydrogens (primary N) is 1. The van der Waals surface area contributed by atoms with Crippen molar-refractivity contribution in [1.29, 1.82) is 0 Å². The molecule has 0 radical (unpaired) electrons. The van der Waals surface area contributed by atoms with Crippen LogP contribution in [0.2, 0.25) is 0 Å². The highest BCUT2D eigenvalue weighted by molar-refractivity contribution is 5.23. The zero-order valence-electron chi connectivity index (χ0n) is 11.1. The first-order chi connectivity index (χ1) is 9.31. The van der Waals surface area contributed by atoms with Gasteiger partial charge in [0.1, 0.15) is 5.82 Å². The van der Waals surface area contributed by atoms with Crippen LogP contribution >= 0.6 is 0 Å². The molecule has 4 nitrogen and oxygen atoms in total. The van der Waals surface area contributed by atoms with E-state index < -0.39 is 0 Å². The summed E-state index contributed by atoms with van der Waals surface area (Å²) in [6, 6.07) is 11.2. The molecule has 1 aliphatic heterocycles. The molecular weight excluding hydrogens is 236 g/mol. The second-order valence-electron chi connectivity index (χ2n) is 5.26. The van der Waals surface area contributed by atoms with Crippen LogP contribution in [0, 0.1) is 0 Å². The first-order valence-corrected chi connectivity index (χ1v) is 6.86. The predicted octanol–water partition coefficient (Wildman–Crippen LogP) is 2.30. The third-order valence-corrected chi connectivity index (χ3v) is 3.77. The molecule has 1 atom stereocenters. The van der Waals surface area contributed by atoms with E-state index in [1.807, 2.05) is 12.5 Å². The smallest absolute Gasteiger partial charge is 0.141 e. The largest absolute Gasteiger partial charge is 0.382 e. The molecule has 0 saturated carbocycles. The molecule has 0 amide bonds. The maximum Gasteiger partial charge on any atom is 0.141 e. The molecule has 4 heteroatoms. The summed E-state index contributed by atoms with van der Waals surface area (Å²) in [6.07, 6.45) is 6.24. The van der Waals surface area contributed by atoms with Gasteiger partial charge in [0.05, 0.1) is 6.33 Å². The molecular formula is C15H20N4. The Kier molecular flexibility index (Phi) is 3.51. The van der Waals surface area contributed by atoms with Crippen molar-refractivity contribution in [3.05, 3.63) is 48.4 Å². The summed E-state index contributed by atoms with van der Waals surface area (Å²) in [7, 11) is 0. The number of piperidine rings is 1. The normalized spacial score (nSPS) is 20.5. The minimum absolute atomic E-state index is 0.502. The third kappa shape index (κ3) is 2.96. The number of nitrogen functional groups attached to an aromatic ring is 1. The van der Waals surface area contributed by atoms with E-state index in [0.717, 1.165) is 13.1 Å². The van der Waals surface area contributed by atoms with Gasteiger partial charge < -0.3 is 10.3 Å². The molecule has 1 saturated heterocycles. The minimum Gasteiger partial charge on any atom is -0.382 e. The second-order valence-corrected chi connectivity index (χ2v) is 5.26. The number of nitrogens with zero attached hydrogens (tertiary/aromatic N) is 3. The van der Waals surface area contributed by atoms with E-state index in [9.17, 15) is 0 Å². The van der Waals surface area contributed by atoms with Crippen LogP contribution in [-0.2, 0) is 6.54 Å². The molecule has 2 heterocycles. The monoisotopic (exact) mass is 256 g/mol. The lowest BCUT2D eigenvalue weighted by Gasteiger charge is -2.33. The lowest BCUT2D eigenvalue weighted by atomic mass is 10.0. The van der Waals surface area contributed by atoms with Gasteiger partial charge in [0, 0.05) is 25.3 Å². The van der Waals surface area contributed by atoms with Gasteiger partial charge in [-0.1, -0.05) is 30.3 Å². The molecule has 0 aliphatic carbocycles. The van der Waals surface area contributed by atoms with Crippen LogP contribution in [0.3, 0.4) is 0 Å². The van der Waals surface area contributed by atoms with Crippen LogP contribution in [0.15, 0.2) is 42.9 Å². The maximum absolute atomic E-state index is 5.70. The second kappa shape index (κ2) is 5.45. The quantitative estimate of drug-likeness (QED) is 0.916. The lowest BCUT2D eigenvalue weighted by molar-refractivity contribution is 0.170. The van der Waals surface area contributed by atoms with E-state index in [2.05, 4.69) is 44.8 Å². The van der Waals surface area contributed by atoms with Crippen molar-refractivity contribution >= 4 is 5.82 Å². The highest BCUT2D eigenvalue weighted by atomic mass is 15.2. The van der Waals surface area contributed by atoms with E-state index in [0.29, 0.717) is 11.9 Å². The predicted molar refractivity (Wildman–Crippen MR) is 76.6 cm³/mol. The van der Waals surface area contributed by atoms with Gasteiger partial charge in [-0.15, -0.1) is 0 Å². The van der Waals surface area contributed by atoms with Crippen LogP contribution in [-0.4, -0.2) is 27.5 Å². The van der Waals surface area contributed by atoms with Gasteiger partial charge in [-0.05, 0) is 24.9 Å². The first-order valence-electron chi connectivity index (χ1n) is 6.86. The average molecular weight is 256 g/mol. The fourth-order valence-electron chi connectivity index (χ4n) is 2.81. The van der Waals surface area contributed by atoms with Gasteiger partial charge in [0.15, 0.2) is 0 Å². The summed E-state index contributed by atoms with van der Waals surface area (Å²) in [4.78, 5) is 6.64. The minimum atomic E-state index is 0.502. The Morgan fingerprint density at radius 3 is 2.84 bits per heavy atom. The van der Waals surface area contributed by atoms with Crippen molar-refractivity contribution < 1.29 is 0 Å². The molecule has 0 spiro atoms. The maximum atomic E-state index is 5.70. The summed E-state index contributed by atoms with van der Waals surface area (Å²) >= 11 is 0. The van der Waals surface area contributed by atoms with Crippen LogP contribution in [0.4, 0.5) is 5.82 Å². The van der Waals surface area contributed by atoms with Crippen LogP contribution in [0.5, 0.6) is 0 Å². The molecule has 19 heavy (non-hydrogen) atoms. The summed E-state index contributed by atoms with van der Waals surface area (Å²) in [6.45, 7) is 3.28. The van der Waals surface area contributed by atoms with Crippen molar-refractivity contribution in [3.63, 3.8) is 0 Å². The summed E-state index contributed by atoms with van der Waals surface area (Å²) in [5, 5.41) is 0. The topological polar surface area (TPSA) is 47.1 Å². The molecule has 1 aliphatic rings. The van der Waals surface area contributed by atoms with Gasteiger partial charge >= 0.3 is 0 Å². The van der Waals surface area contributed by atoms with E-state index in [-0.39, 0.29) is 0 Å². The fourth-order valence-corrected chi connectivity index (χ4v) is 2.81. The lowest BCUT2D eigenvalue weighted by Crippen LogP contribution is -2.35. The van der Waals surface area contributed by atoms with E-state index in [4.69, 9.17) is 5.73 Å². The van der Waals surface area contributed by atoms with E-state index in [1.54, 1.807) is 0 Å². The van der Waals surface area contributed by atoms with Crippen molar-refractivity contribution in [2.45, 2.75) is 25.4 Å². The zero-order valence-corrected chi connectivity index (χ0v) is 11.1. The van der Waals surface area contributed by atoms with Crippen LogP contribution < -0.4 is 5.73 Å². The number of hydrogen-bond acceptors (Lipinski definition) is 3. The number of benzene rings is 1. The molecule has 0 bridgehead atoms. The standard InChI is InChI=1S/C15H20N4/c16-15-11-19(12-17-15)14-7-4-8-18(10-14)9-13-5-2-1-3-6-13/h1-3,5-6,11-12,14H,4,7-10,16H2. The fraction of sp³-hybridized carbons (Fsp3) is 0.400. The van der Waals surface area contributed by atoms with Gasteiger partial charge in [-0.2, -0.15) is 0 Å². The van der Waals surface area contributed by atoms with Crippen LogP contribution in [0.25, 0.3) is 0 Å². The van der Waals surface area contributed by atoms with Gasteiger partial charge in [-0.3, -0.25) is 4.90 Å². The highest BCUT2D eigenvalue weighted by Crippen LogP contribution is 2.23. The van der Waals surface area contributed by atoms with Crippen molar-refractivity contribution in [3.8, 4) is 0 Å². The van der Waals surface area contributed by atoms with Crippen molar-refractivity contribution in [2.75, 3.05) is 18.8 Å². The zero-order chi connectivity index (χ0) is 13.1. The Morgan fingerprint density at radius 2 is 2.11 bits per heavy atom. The number of likely N-dealkylation sites (tertiary alicyclic amines) is 1. The Labute approximate surface area is 113 Å². The molecule has 1 unspecified atom stereocenters. The molecule has 1 fully saturated rings. The molecule has 2 aromatic rings. The molecule has 2 N–H and O–H groups in total.